The van der Waals surface area contributed by atoms with Gasteiger partial charge in [-0.15, -0.1) is 0 Å². The molecule has 2 aromatic rings. The second-order valence-electron chi connectivity index (χ2n) is 5.52. The molecular weight excluding hydrogens is 264 g/mol. The van der Waals surface area contributed by atoms with E-state index in [2.05, 4.69) is 16.4 Å². The Hall–Kier alpha value is -2.36. The summed E-state index contributed by atoms with van der Waals surface area (Å²) in [7, 11) is 0. The average molecular weight is 282 g/mol. The van der Waals surface area contributed by atoms with Crippen LogP contribution in [0.1, 0.15) is 40.0 Å². The van der Waals surface area contributed by atoms with Crippen molar-refractivity contribution < 1.29 is 9.90 Å². The van der Waals surface area contributed by atoms with Crippen molar-refractivity contribution >= 4 is 17.3 Å². The van der Waals surface area contributed by atoms with Gasteiger partial charge >= 0.3 is 5.97 Å². The number of carbonyl (C=O) groups is 1. The van der Waals surface area contributed by atoms with Crippen LogP contribution >= 0.6 is 0 Å². The predicted octanol–water partition coefficient (Wildman–Crippen LogP) is 3.71. The topological polar surface area (TPSA) is 62.2 Å². The van der Waals surface area contributed by atoms with E-state index in [0.717, 1.165) is 24.1 Å². The van der Waals surface area contributed by atoms with E-state index in [1.807, 2.05) is 13.0 Å². The molecule has 1 aromatic carbocycles. The third-order valence-corrected chi connectivity index (χ3v) is 3.85. The van der Waals surface area contributed by atoms with Gasteiger partial charge in [0.15, 0.2) is 0 Å². The minimum atomic E-state index is -0.924. The van der Waals surface area contributed by atoms with Gasteiger partial charge in [0.2, 0.25) is 0 Å². The maximum absolute atomic E-state index is 11.3. The Labute approximate surface area is 123 Å². The minimum absolute atomic E-state index is 0.285. The van der Waals surface area contributed by atoms with E-state index < -0.39 is 5.97 Å². The zero-order valence-electron chi connectivity index (χ0n) is 12.0. The van der Waals surface area contributed by atoms with Gasteiger partial charge in [-0.2, -0.15) is 0 Å². The third-order valence-electron chi connectivity index (χ3n) is 3.85. The van der Waals surface area contributed by atoms with Crippen molar-refractivity contribution in [3.63, 3.8) is 0 Å². The van der Waals surface area contributed by atoms with Gasteiger partial charge in [0.25, 0.3) is 0 Å². The number of nitrogens with zero attached hydrogens (tertiary/aromatic N) is 1. The maximum Gasteiger partial charge on any atom is 0.337 e. The number of aromatic carboxylic acids is 1. The van der Waals surface area contributed by atoms with Crippen LogP contribution in [0.15, 0.2) is 30.5 Å². The van der Waals surface area contributed by atoms with Crippen LogP contribution in [0.25, 0.3) is 0 Å². The highest BCUT2D eigenvalue weighted by Gasteiger charge is 2.13. The van der Waals surface area contributed by atoms with Crippen molar-refractivity contribution in [2.24, 2.45) is 0 Å². The minimum Gasteiger partial charge on any atom is -0.478 e. The normalized spacial score (nSPS) is 13.6. The molecule has 21 heavy (non-hydrogen) atoms. The number of carboxylic acids is 1. The zero-order valence-corrected chi connectivity index (χ0v) is 12.0. The van der Waals surface area contributed by atoms with Gasteiger partial charge in [0, 0.05) is 5.69 Å². The molecule has 4 heteroatoms. The zero-order chi connectivity index (χ0) is 14.8. The number of rotatable bonds is 3. The Morgan fingerprint density at radius 3 is 2.86 bits per heavy atom. The summed E-state index contributed by atoms with van der Waals surface area (Å²) in [4.78, 5) is 15.8. The first-order valence-corrected chi connectivity index (χ1v) is 7.22. The number of aryl methyl sites for hydroxylation is 3. The molecule has 1 heterocycles. The lowest BCUT2D eigenvalue weighted by atomic mass is 9.96. The molecule has 0 saturated carbocycles. The van der Waals surface area contributed by atoms with E-state index in [1.54, 1.807) is 18.3 Å². The molecule has 1 aliphatic carbocycles. The van der Waals surface area contributed by atoms with Crippen molar-refractivity contribution in [3.05, 3.63) is 52.8 Å². The van der Waals surface area contributed by atoms with E-state index in [4.69, 9.17) is 0 Å². The van der Waals surface area contributed by atoms with Crippen LogP contribution in [-0.2, 0) is 12.8 Å². The van der Waals surface area contributed by atoms with Crippen molar-refractivity contribution in [2.45, 2.75) is 32.6 Å². The molecule has 0 saturated heterocycles. The van der Waals surface area contributed by atoms with Crippen LogP contribution in [0.2, 0.25) is 0 Å². The summed E-state index contributed by atoms with van der Waals surface area (Å²) < 4.78 is 0. The number of fused-ring (bicyclic) bond motifs is 1. The standard InChI is InChI=1S/C17H18N2O2/c1-11-6-7-16(14(8-11)17(20)21)19-13-9-12-4-2-3-5-15(12)18-10-13/h6-10,19H,2-5H2,1H3,(H,20,21). The van der Waals surface area contributed by atoms with Crippen LogP contribution in [0.4, 0.5) is 11.4 Å². The molecule has 0 fully saturated rings. The molecular formula is C17H18N2O2. The Morgan fingerprint density at radius 2 is 2.05 bits per heavy atom. The second kappa shape index (κ2) is 5.56. The lowest BCUT2D eigenvalue weighted by Gasteiger charge is -2.16. The maximum atomic E-state index is 11.3. The molecule has 1 aromatic heterocycles. The number of pyridine rings is 1. The fraction of sp³-hybridized carbons (Fsp3) is 0.294. The SMILES string of the molecule is Cc1ccc(Nc2cnc3c(c2)CCCC3)c(C(=O)O)c1. The van der Waals surface area contributed by atoms with Crippen molar-refractivity contribution in [1.29, 1.82) is 0 Å². The first kappa shape index (κ1) is 13.6. The molecule has 0 radical (unpaired) electrons. The second-order valence-corrected chi connectivity index (χ2v) is 5.52. The Kier molecular flexibility index (Phi) is 3.60. The lowest BCUT2D eigenvalue weighted by Crippen LogP contribution is -2.07. The predicted molar refractivity (Wildman–Crippen MR) is 82.3 cm³/mol. The molecule has 4 nitrogen and oxygen atoms in total. The van der Waals surface area contributed by atoms with Crippen LogP contribution < -0.4 is 5.32 Å². The number of aromatic nitrogens is 1. The number of nitrogens with one attached hydrogen (secondary N) is 1. The quantitative estimate of drug-likeness (QED) is 0.900. The monoisotopic (exact) mass is 282 g/mol. The summed E-state index contributed by atoms with van der Waals surface area (Å²) in [5.41, 5.74) is 5.12. The first-order valence-electron chi connectivity index (χ1n) is 7.22. The van der Waals surface area contributed by atoms with Crippen LogP contribution in [0, 0.1) is 6.92 Å². The summed E-state index contributed by atoms with van der Waals surface area (Å²) in [6, 6.07) is 7.47. The van der Waals surface area contributed by atoms with Crippen LogP contribution in [-0.4, -0.2) is 16.1 Å². The van der Waals surface area contributed by atoms with E-state index in [9.17, 15) is 9.90 Å². The summed E-state index contributed by atoms with van der Waals surface area (Å²) in [6.45, 7) is 1.89. The van der Waals surface area contributed by atoms with E-state index >= 15 is 0 Å². The van der Waals surface area contributed by atoms with Gasteiger partial charge in [0.05, 0.1) is 23.1 Å². The van der Waals surface area contributed by atoms with Crippen molar-refractivity contribution in [1.82, 2.24) is 4.98 Å². The summed E-state index contributed by atoms with van der Waals surface area (Å²) in [5, 5.41) is 12.5. The van der Waals surface area contributed by atoms with Crippen LogP contribution in [0.3, 0.4) is 0 Å². The Morgan fingerprint density at radius 1 is 1.24 bits per heavy atom. The largest absolute Gasteiger partial charge is 0.478 e. The molecule has 1 aliphatic rings. The molecule has 108 valence electrons. The van der Waals surface area contributed by atoms with E-state index in [1.165, 1.54) is 24.1 Å². The van der Waals surface area contributed by atoms with E-state index in [-0.39, 0.29) is 5.56 Å². The van der Waals surface area contributed by atoms with E-state index in [0.29, 0.717) is 5.69 Å². The number of anilines is 2. The van der Waals surface area contributed by atoms with Crippen molar-refractivity contribution in [3.8, 4) is 0 Å². The van der Waals surface area contributed by atoms with Crippen molar-refractivity contribution in [2.75, 3.05) is 5.32 Å². The van der Waals surface area contributed by atoms with Gasteiger partial charge < -0.3 is 10.4 Å². The van der Waals surface area contributed by atoms with Gasteiger partial charge in [0.1, 0.15) is 0 Å². The lowest BCUT2D eigenvalue weighted by molar-refractivity contribution is 0.0698. The molecule has 0 bridgehead atoms. The molecule has 0 spiro atoms. The van der Waals surface area contributed by atoms with Gasteiger partial charge in [-0.1, -0.05) is 11.6 Å². The van der Waals surface area contributed by atoms with Gasteiger partial charge in [-0.3, -0.25) is 4.98 Å². The van der Waals surface area contributed by atoms with Crippen LogP contribution in [0.5, 0.6) is 0 Å². The molecule has 3 rings (SSSR count). The number of benzene rings is 1. The highest BCUT2D eigenvalue weighted by molar-refractivity contribution is 5.95. The molecule has 0 atom stereocenters. The third kappa shape index (κ3) is 2.89. The average Bonchev–Trinajstić information content (AvgIpc) is 2.49. The molecule has 0 amide bonds. The van der Waals surface area contributed by atoms with Gasteiger partial charge in [-0.05, 0) is 56.4 Å². The first-order chi connectivity index (χ1) is 10.1. The fourth-order valence-electron chi connectivity index (χ4n) is 2.76. The highest BCUT2D eigenvalue weighted by atomic mass is 16.4. The Balaban J connectivity index is 1.92. The smallest absolute Gasteiger partial charge is 0.337 e. The molecule has 0 unspecified atom stereocenters. The Bertz CT molecular complexity index is 695. The molecule has 2 N–H and O–H groups in total. The van der Waals surface area contributed by atoms with Gasteiger partial charge in [-0.25, -0.2) is 4.79 Å². The molecule has 0 aliphatic heterocycles. The summed E-state index contributed by atoms with van der Waals surface area (Å²) in [5.74, 6) is -0.924. The fourth-order valence-corrected chi connectivity index (χ4v) is 2.76. The highest BCUT2D eigenvalue weighted by Crippen LogP contribution is 2.26. The summed E-state index contributed by atoms with van der Waals surface area (Å²) >= 11 is 0. The number of carboxylic acid groups (broad SMARTS) is 1. The summed E-state index contributed by atoms with van der Waals surface area (Å²) in [6.07, 6.45) is 6.28. The number of hydrogen-bond donors (Lipinski definition) is 2. The number of hydrogen-bond acceptors (Lipinski definition) is 3.